The molecule has 3 N–H and O–H groups in total. The molecule has 4 nitrogen and oxygen atoms in total. The van der Waals surface area contributed by atoms with Crippen LogP contribution in [0.15, 0.2) is 12.2 Å². The van der Waals surface area contributed by atoms with E-state index in [0.29, 0.717) is 6.42 Å². The highest BCUT2D eigenvalue weighted by Crippen LogP contribution is 2.18. The molecule has 1 amide bonds. The smallest absolute Gasteiger partial charge is 0.220 e. The van der Waals surface area contributed by atoms with Crippen molar-refractivity contribution in [2.24, 2.45) is 0 Å². The van der Waals surface area contributed by atoms with Gasteiger partial charge in [0.1, 0.15) is 0 Å². The van der Waals surface area contributed by atoms with Crippen molar-refractivity contribution in [3.8, 4) is 0 Å². The van der Waals surface area contributed by atoms with Crippen LogP contribution < -0.4 is 5.32 Å². The molecular formula is C60H119NO3. The molecule has 0 radical (unpaired) electrons. The third-order valence-electron chi connectivity index (χ3n) is 14.3. The molecule has 0 aliphatic heterocycles. The first-order valence-corrected chi connectivity index (χ1v) is 29.9. The number of carbonyl (C=O) groups excluding carboxylic acids is 1. The Labute approximate surface area is 403 Å². The first-order chi connectivity index (χ1) is 31.7. The predicted molar refractivity (Wildman–Crippen MR) is 286 cm³/mol. The van der Waals surface area contributed by atoms with E-state index in [1.54, 1.807) is 6.08 Å². The standard InChI is InChI=1S/C60H119NO3/c1-3-5-7-9-11-13-15-17-19-21-23-25-26-27-28-29-30-31-32-33-34-35-36-38-40-42-44-46-48-50-52-54-56-60(64)61-58(57-62)59(63)55-53-51-49-47-45-43-41-39-37-24-22-20-18-16-14-12-10-8-6-4-2/h53,55,58-59,62-63H,3-52,54,56-57H2,1-2H3,(H,61,64)/b55-53+. The van der Waals surface area contributed by atoms with Crippen LogP contribution in [0.3, 0.4) is 0 Å². The summed E-state index contributed by atoms with van der Waals surface area (Å²) in [7, 11) is 0. The maximum absolute atomic E-state index is 12.5. The average molecular weight is 903 g/mol. The van der Waals surface area contributed by atoms with Crippen molar-refractivity contribution in [2.45, 2.75) is 360 Å². The third-order valence-corrected chi connectivity index (χ3v) is 14.3. The number of amides is 1. The van der Waals surface area contributed by atoms with Crippen molar-refractivity contribution < 1.29 is 15.0 Å². The van der Waals surface area contributed by atoms with E-state index in [1.165, 1.54) is 302 Å². The van der Waals surface area contributed by atoms with E-state index in [4.69, 9.17) is 0 Å². The fourth-order valence-corrected chi connectivity index (χ4v) is 9.71. The van der Waals surface area contributed by atoms with Gasteiger partial charge in [-0.05, 0) is 19.3 Å². The summed E-state index contributed by atoms with van der Waals surface area (Å²) in [4.78, 5) is 12.5. The molecule has 0 bridgehead atoms. The van der Waals surface area contributed by atoms with Gasteiger partial charge in [-0.15, -0.1) is 0 Å². The van der Waals surface area contributed by atoms with Crippen molar-refractivity contribution in [1.29, 1.82) is 0 Å². The monoisotopic (exact) mass is 902 g/mol. The van der Waals surface area contributed by atoms with Gasteiger partial charge in [0.05, 0.1) is 18.8 Å². The maximum Gasteiger partial charge on any atom is 0.220 e. The molecule has 0 aliphatic carbocycles. The molecule has 2 atom stereocenters. The van der Waals surface area contributed by atoms with E-state index < -0.39 is 12.1 Å². The minimum absolute atomic E-state index is 0.0550. The van der Waals surface area contributed by atoms with Crippen LogP contribution >= 0.6 is 0 Å². The van der Waals surface area contributed by atoms with Gasteiger partial charge in [-0.1, -0.05) is 334 Å². The summed E-state index contributed by atoms with van der Waals surface area (Å²) in [5.41, 5.74) is 0. The van der Waals surface area contributed by atoms with Gasteiger partial charge in [-0.3, -0.25) is 4.79 Å². The van der Waals surface area contributed by atoms with Gasteiger partial charge in [-0.25, -0.2) is 0 Å². The zero-order valence-electron chi connectivity index (χ0n) is 44.1. The lowest BCUT2D eigenvalue weighted by Gasteiger charge is -2.20. The molecule has 0 heterocycles. The molecule has 0 saturated carbocycles. The number of carbonyl (C=O) groups is 1. The predicted octanol–water partition coefficient (Wildman–Crippen LogP) is 19.7. The van der Waals surface area contributed by atoms with E-state index in [-0.39, 0.29) is 12.5 Å². The summed E-state index contributed by atoms with van der Waals surface area (Å²) in [6.45, 7) is 4.36. The van der Waals surface area contributed by atoms with E-state index in [1.807, 2.05) is 6.08 Å². The van der Waals surface area contributed by atoms with Gasteiger partial charge in [-0.2, -0.15) is 0 Å². The topological polar surface area (TPSA) is 69.6 Å². The van der Waals surface area contributed by atoms with Crippen LogP contribution in [0.1, 0.15) is 348 Å². The largest absolute Gasteiger partial charge is 0.394 e. The van der Waals surface area contributed by atoms with E-state index >= 15 is 0 Å². The highest BCUT2D eigenvalue weighted by atomic mass is 16.3. The van der Waals surface area contributed by atoms with Crippen LogP contribution in [0.25, 0.3) is 0 Å². The quantitative estimate of drug-likeness (QED) is 0.0421. The molecular weight excluding hydrogens is 783 g/mol. The molecule has 0 fully saturated rings. The van der Waals surface area contributed by atoms with Crippen LogP contribution in [-0.2, 0) is 4.79 Å². The first kappa shape index (κ1) is 63.1. The Morgan fingerprint density at radius 2 is 0.578 bits per heavy atom. The number of aliphatic hydroxyl groups is 2. The molecule has 382 valence electrons. The Hall–Kier alpha value is -0.870. The summed E-state index contributed by atoms with van der Waals surface area (Å²) >= 11 is 0. The molecule has 0 spiro atoms. The number of unbranched alkanes of at least 4 members (excludes halogenated alkanes) is 49. The van der Waals surface area contributed by atoms with Crippen LogP contribution in [-0.4, -0.2) is 34.9 Å². The summed E-state index contributed by atoms with van der Waals surface area (Å²) < 4.78 is 0. The Morgan fingerprint density at radius 3 is 0.812 bits per heavy atom. The Bertz CT molecular complexity index is 890. The molecule has 0 aromatic heterocycles. The van der Waals surface area contributed by atoms with Crippen LogP contribution in [0.5, 0.6) is 0 Å². The fourth-order valence-electron chi connectivity index (χ4n) is 9.71. The van der Waals surface area contributed by atoms with Crippen LogP contribution in [0, 0.1) is 0 Å². The molecule has 4 heteroatoms. The second kappa shape index (κ2) is 56.5. The minimum Gasteiger partial charge on any atom is -0.394 e. The van der Waals surface area contributed by atoms with E-state index in [0.717, 1.165) is 25.7 Å². The number of hydrogen-bond acceptors (Lipinski definition) is 3. The number of aliphatic hydroxyl groups excluding tert-OH is 2. The highest BCUT2D eigenvalue weighted by Gasteiger charge is 2.18. The number of hydrogen-bond donors (Lipinski definition) is 3. The zero-order chi connectivity index (χ0) is 46.3. The minimum atomic E-state index is -0.835. The first-order valence-electron chi connectivity index (χ1n) is 29.9. The molecule has 2 unspecified atom stereocenters. The molecule has 0 aliphatic rings. The number of nitrogens with one attached hydrogen (secondary N) is 1. The Balaban J connectivity index is 3.40. The number of rotatable bonds is 56. The van der Waals surface area contributed by atoms with Crippen molar-refractivity contribution in [1.82, 2.24) is 5.32 Å². The lowest BCUT2D eigenvalue weighted by Crippen LogP contribution is -2.45. The van der Waals surface area contributed by atoms with Crippen molar-refractivity contribution in [2.75, 3.05) is 6.61 Å². The second-order valence-electron chi connectivity index (χ2n) is 20.8. The normalized spacial score (nSPS) is 12.8. The second-order valence-corrected chi connectivity index (χ2v) is 20.8. The lowest BCUT2D eigenvalue weighted by molar-refractivity contribution is -0.123. The lowest BCUT2D eigenvalue weighted by atomic mass is 10.0. The van der Waals surface area contributed by atoms with Crippen molar-refractivity contribution >= 4 is 5.91 Å². The van der Waals surface area contributed by atoms with Gasteiger partial charge in [0, 0.05) is 6.42 Å². The van der Waals surface area contributed by atoms with Crippen LogP contribution in [0.2, 0.25) is 0 Å². The highest BCUT2D eigenvalue weighted by molar-refractivity contribution is 5.76. The third kappa shape index (κ3) is 52.1. The van der Waals surface area contributed by atoms with Crippen molar-refractivity contribution in [3.63, 3.8) is 0 Å². The molecule has 0 saturated heterocycles. The molecule has 0 rings (SSSR count). The average Bonchev–Trinajstić information content (AvgIpc) is 3.30. The van der Waals surface area contributed by atoms with Gasteiger partial charge < -0.3 is 15.5 Å². The molecule has 0 aromatic rings. The van der Waals surface area contributed by atoms with Crippen molar-refractivity contribution in [3.05, 3.63) is 12.2 Å². The SMILES string of the molecule is CCCCCCCCCCCCCCCCCCCC/C=C/C(O)C(CO)NC(=O)CCCCCCCCCCCCCCCCCCCCCCCCCCCCCCCCCC. The van der Waals surface area contributed by atoms with Gasteiger partial charge in [0.2, 0.25) is 5.91 Å². The summed E-state index contributed by atoms with van der Waals surface area (Å²) in [6.07, 6.45) is 74.0. The molecule has 0 aromatic carbocycles. The van der Waals surface area contributed by atoms with Gasteiger partial charge in [0.25, 0.3) is 0 Å². The maximum atomic E-state index is 12.5. The van der Waals surface area contributed by atoms with E-state index in [2.05, 4.69) is 19.2 Å². The Kier molecular flexibility index (Phi) is 55.7. The van der Waals surface area contributed by atoms with Crippen LogP contribution in [0.4, 0.5) is 0 Å². The van der Waals surface area contributed by atoms with Gasteiger partial charge in [0.15, 0.2) is 0 Å². The van der Waals surface area contributed by atoms with Gasteiger partial charge >= 0.3 is 0 Å². The summed E-state index contributed by atoms with van der Waals surface area (Å²) in [5.74, 6) is -0.0550. The number of allylic oxidation sites excluding steroid dienone is 1. The fraction of sp³-hybridized carbons (Fsp3) is 0.950. The summed E-state index contributed by atoms with van der Waals surface area (Å²) in [6, 6.07) is -0.618. The Morgan fingerprint density at radius 1 is 0.359 bits per heavy atom. The molecule has 64 heavy (non-hydrogen) atoms. The summed E-state index contributed by atoms with van der Waals surface area (Å²) in [5, 5.41) is 23.2. The van der Waals surface area contributed by atoms with E-state index in [9.17, 15) is 15.0 Å². The zero-order valence-corrected chi connectivity index (χ0v) is 44.1.